The maximum absolute atomic E-state index is 10.9. The summed E-state index contributed by atoms with van der Waals surface area (Å²) in [5.41, 5.74) is 1.27. The molecule has 2 aromatic heterocycles. The first kappa shape index (κ1) is 15.1. The lowest BCUT2D eigenvalue weighted by Crippen LogP contribution is -2.16. The Bertz CT molecular complexity index is 600. The van der Waals surface area contributed by atoms with Crippen LogP contribution in [0.15, 0.2) is 0 Å². The van der Waals surface area contributed by atoms with Crippen LogP contribution in [0, 0.1) is 20.8 Å². The fourth-order valence-electron chi connectivity index (χ4n) is 1.76. The first-order valence-electron chi connectivity index (χ1n) is 6.30. The van der Waals surface area contributed by atoms with E-state index in [0.29, 0.717) is 0 Å². The molecule has 0 aliphatic rings. The molecule has 0 aliphatic heterocycles. The van der Waals surface area contributed by atoms with Gasteiger partial charge in [0.1, 0.15) is 5.01 Å². The van der Waals surface area contributed by atoms with E-state index >= 15 is 0 Å². The monoisotopic (exact) mass is 311 g/mol. The highest BCUT2D eigenvalue weighted by Gasteiger charge is 2.13. The van der Waals surface area contributed by atoms with E-state index in [-0.39, 0.29) is 5.69 Å². The highest BCUT2D eigenvalue weighted by Crippen LogP contribution is 2.18. The van der Waals surface area contributed by atoms with Gasteiger partial charge in [0.25, 0.3) is 0 Å². The number of carboxylic acids is 1. The molecule has 0 amide bonds. The standard InChI is InChI=1S/C13H17N3O2S2/c1-7-8(2)19-11(15-7)6-14-5-4-10-16-12(13(17)18)9(3)20-10/h14H,4-6H2,1-3H3,(H,17,18). The predicted molar refractivity (Wildman–Crippen MR) is 80.8 cm³/mol. The van der Waals surface area contributed by atoms with Crippen molar-refractivity contribution in [1.82, 2.24) is 15.3 Å². The van der Waals surface area contributed by atoms with E-state index < -0.39 is 5.97 Å². The molecule has 0 saturated heterocycles. The van der Waals surface area contributed by atoms with Crippen LogP contribution in [0.4, 0.5) is 0 Å². The van der Waals surface area contributed by atoms with Gasteiger partial charge in [0.15, 0.2) is 5.69 Å². The Morgan fingerprint density at radius 2 is 1.85 bits per heavy atom. The number of aromatic nitrogens is 2. The molecular formula is C13H17N3O2S2. The number of aryl methyl sites for hydroxylation is 3. The highest BCUT2D eigenvalue weighted by atomic mass is 32.1. The molecule has 0 atom stereocenters. The van der Waals surface area contributed by atoms with Gasteiger partial charge in [-0.1, -0.05) is 0 Å². The van der Waals surface area contributed by atoms with Crippen molar-refractivity contribution in [2.45, 2.75) is 33.7 Å². The smallest absolute Gasteiger partial charge is 0.355 e. The largest absolute Gasteiger partial charge is 0.476 e. The van der Waals surface area contributed by atoms with Crippen molar-refractivity contribution < 1.29 is 9.90 Å². The van der Waals surface area contributed by atoms with Crippen molar-refractivity contribution in [3.05, 3.63) is 31.2 Å². The molecule has 7 heteroatoms. The first-order chi connectivity index (χ1) is 9.47. The normalized spacial score (nSPS) is 10.9. The van der Waals surface area contributed by atoms with Gasteiger partial charge in [-0.15, -0.1) is 22.7 Å². The fourth-order valence-corrected chi connectivity index (χ4v) is 3.59. The minimum atomic E-state index is -0.952. The summed E-state index contributed by atoms with van der Waals surface area (Å²) in [6.45, 7) is 7.39. The maximum atomic E-state index is 10.9. The number of thiazole rings is 2. The summed E-state index contributed by atoms with van der Waals surface area (Å²) in [6, 6.07) is 0. The minimum Gasteiger partial charge on any atom is -0.476 e. The van der Waals surface area contributed by atoms with Crippen LogP contribution in [-0.4, -0.2) is 27.6 Å². The highest BCUT2D eigenvalue weighted by molar-refractivity contribution is 7.12. The van der Waals surface area contributed by atoms with Gasteiger partial charge in [0.05, 0.1) is 10.7 Å². The molecule has 2 aromatic rings. The van der Waals surface area contributed by atoms with Gasteiger partial charge >= 0.3 is 5.97 Å². The molecule has 0 saturated carbocycles. The summed E-state index contributed by atoms with van der Waals surface area (Å²) in [5, 5.41) is 14.2. The molecule has 0 aliphatic carbocycles. The van der Waals surface area contributed by atoms with Gasteiger partial charge in [-0.05, 0) is 20.8 Å². The Kier molecular flexibility index (Phi) is 4.85. The average molecular weight is 311 g/mol. The van der Waals surface area contributed by atoms with Crippen LogP contribution in [0.1, 0.15) is 36.0 Å². The molecule has 2 N–H and O–H groups in total. The van der Waals surface area contributed by atoms with E-state index in [1.165, 1.54) is 16.2 Å². The van der Waals surface area contributed by atoms with Crippen LogP contribution >= 0.6 is 22.7 Å². The number of carbonyl (C=O) groups is 1. The number of hydrogen-bond donors (Lipinski definition) is 2. The van der Waals surface area contributed by atoms with Crippen molar-refractivity contribution in [3.63, 3.8) is 0 Å². The second kappa shape index (κ2) is 6.43. The van der Waals surface area contributed by atoms with E-state index in [1.807, 2.05) is 6.92 Å². The van der Waals surface area contributed by atoms with Crippen LogP contribution in [0.5, 0.6) is 0 Å². The molecule has 0 spiro atoms. The van der Waals surface area contributed by atoms with Gasteiger partial charge in [-0.25, -0.2) is 14.8 Å². The molecule has 2 rings (SSSR count). The number of rotatable bonds is 6. The van der Waals surface area contributed by atoms with Crippen molar-refractivity contribution in [2.24, 2.45) is 0 Å². The molecule has 0 fully saturated rings. The zero-order valence-electron chi connectivity index (χ0n) is 11.7. The van der Waals surface area contributed by atoms with Crippen molar-refractivity contribution >= 4 is 28.6 Å². The first-order valence-corrected chi connectivity index (χ1v) is 7.94. The SMILES string of the molecule is Cc1nc(CNCCc2nc(C(=O)O)c(C)s2)sc1C. The Labute approximate surface area is 125 Å². The molecule has 5 nitrogen and oxygen atoms in total. The van der Waals surface area contributed by atoms with Gasteiger partial charge in [-0.3, -0.25) is 0 Å². The Balaban J connectivity index is 1.81. The third-order valence-corrected chi connectivity index (χ3v) is 5.01. The van der Waals surface area contributed by atoms with Crippen LogP contribution in [0.3, 0.4) is 0 Å². The third kappa shape index (κ3) is 3.62. The van der Waals surface area contributed by atoms with Gasteiger partial charge in [0.2, 0.25) is 0 Å². The zero-order valence-corrected chi connectivity index (χ0v) is 13.3. The summed E-state index contributed by atoms with van der Waals surface area (Å²) >= 11 is 3.16. The van der Waals surface area contributed by atoms with E-state index in [2.05, 4.69) is 22.2 Å². The number of aromatic carboxylic acids is 1. The van der Waals surface area contributed by atoms with Crippen LogP contribution < -0.4 is 5.32 Å². The Morgan fingerprint density at radius 1 is 1.15 bits per heavy atom. The van der Waals surface area contributed by atoms with Crippen molar-refractivity contribution in [1.29, 1.82) is 0 Å². The third-order valence-electron chi connectivity index (χ3n) is 2.91. The molecular weight excluding hydrogens is 294 g/mol. The van der Waals surface area contributed by atoms with Crippen LogP contribution in [0.25, 0.3) is 0 Å². The zero-order chi connectivity index (χ0) is 14.7. The van der Waals surface area contributed by atoms with E-state index in [9.17, 15) is 4.79 Å². The van der Waals surface area contributed by atoms with Crippen molar-refractivity contribution in [3.8, 4) is 0 Å². The second-order valence-corrected chi connectivity index (χ2v) is 7.07. The van der Waals surface area contributed by atoms with Crippen LogP contribution in [0.2, 0.25) is 0 Å². The summed E-state index contributed by atoms with van der Waals surface area (Å²) in [4.78, 5) is 21.5. The van der Waals surface area contributed by atoms with E-state index in [0.717, 1.165) is 40.1 Å². The molecule has 0 radical (unpaired) electrons. The summed E-state index contributed by atoms with van der Waals surface area (Å²) in [5.74, 6) is -0.952. The number of nitrogens with zero attached hydrogens (tertiary/aromatic N) is 2. The lowest BCUT2D eigenvalue weighted by atomic mass is 10.4. The topological polar surface area (TPSA) is 75.1 Å². The maximum Gasteiger partial charge on any atom is 0.355 e. The van der Waals surface area contributed by atoms with Gasteiger partial charge in [0, 0.05) is 29.3 Å². The molecule has 0 aromatic carbocycles. The predicted octanol–water partition coefficient (Wildman–Crippen LogP) is 2.56. The summed E-state index contributed by atoms with van der Waals surface area (Å²) < 4.78 is 0. The lowest BCUT2D eigenvalue weighted by molar-refractivity contribution is 0.0690. The Hall–Kier alpha value is -1.31. The average Bonchev–Trinajstić information content (AvgIpc) is 2.89. The molecule has 0 unspecified atom stereocenters. The second-order valence-electron chi connectivity index (χ2n) is 4.49. The number of nitrogens with one attached hydrogen (secondary N) is 1. The molecule has 0 bridgehead atoms. The van der Waals surface area contributed by atoms with E-state index in [4.69, 9.17) is 5.11 Å². The molecule has 108 valence electrons. The number of carboxylic acid groups (broad SMARTS) is 1. The number of hydrogen-bond acceptors (Lipinski definition) is 6. The molecule has 20 heavy (non-hydrogen) atoms. The Morgan fingerprint density at radius 3 is 2.40 bits per heavy atom. The van der Waals surface area contributed by atoms with Gasteiger partial charge in [-0.2, -0.15) is 0 Å². The molecule has 2 heterocycles. The fraction of sp³-hybridized carbons (Fsp3) is 0.462. The van der Waals surface area contributed by atoms with Crippen LogP contribution in [-0.2, 0) is 13.0 Å². The van der Waals surface area contributed by atoms with Crippen molar-refractivity contribution in [2.75, 3.05) is 6.54 Å². The summed E-state index contributed by atoms with van der Waals surface area (Å²) in [7, 11) is 0. The minimum absolute atomic E-state index is 0.177. The lowest BCUT2D eigenvalue weighted by Gasteiger charge is -1.99. The van der Waals surface area contributed by atoms with Gasteiger partial charge < -0.3 is 10.4 Å². The van der Waals surface area contributed by atoms with E-state index in [1.54, 1.807) is 18.3 Å². The quantitative estimate of drug-likeness (QED) is 0.802. The summed E-state index contributed by atoms with van der Waals surface area (Å²) in [6.07, 6.45) is 0.738.